The summed E-state index contributed by atoms with van der Waals surface area (Å²) in [5.74, 6) is 0. The van der Waals surface area contributed by atoms with Crippen molar-refractivity contribution in [2.75, 3.05) is 7.11 Å². The van der Waals surface area contributed by atoms with E-state index < -0.39 is 0 Å². The van der Waals surface area contributed by atoms with Gasteiger partial charge in [0.1, 0.15) is 6.33 Å². The smallest absolute Gasteiger partial charge is 0.311 e. The van der Waals surface area contributed by atoms with Crippen molar-refractivity contribution in [1.29, 1.82) is 0 Å². The average molecular weight is 129 g/mol. The molecule has 0 radical (unpaired) electrons. The summed E-state index contributed by atoms with van der Waals surface area (Å²) in [7, 11) is 1.53. The molecule has 9 heavy (non-hydrogen) atoms. The lowest BCUT2D eigenvalue weighted by Crippen LogP contribution is -1.82. The highest BCUT2D eigenvalue weighted by atomic mass is 16.5. The van der Waals surface area contributed by atoms with Crippen LogP contribution < -0.4 is 4.74 Å². The van der Waals surface area contributed by atoms with Gasteiger partial charge in [-0.15, -0.1) is 0 Å². The maximum atomic E-state index is 4.62. The molecule has 4 heteroatoms. The zero-order chi connectivity index (χ0) is 7.11. The van der Waals surface area contributed by atoms with E-state index in [0.717, 1.165) is 0 Å². The Morgan fingerprint density at radius 3 is 2.44 bits per heavy atom. The molecule has 0 aliphatic rings. The molecule has 1 heterocycles. The molecule has 0 aliphatic heterocycles. The Kier molecular flexibility index (Phi) is 4.49. The Balaban J connectivity index is 0.000000291. The normalized spacial score (nSPS) is 7.44. The van der Waals surface area contributed by atoms with Gasteiger partial charge in [-0.2, -0.15) is 10.1 Å². The quantitative estimate of drug-likeness (QED) is 0.611. The molecule has 1 aromatic heterocycles. The molecule has 1 aromatic rings. The predicted octanol–water partition coefficient (Wildman–Crippen LogP) is 0.839. The lowest BCUT2D eigenvalue weighted by molar-refractivity contribution is 0.382. The number of ether oxygens (including phenoxy) is 1. The van der Waals surface area contributed by atoms with Crippen LogP contribution in [-0.2, 0) is 0 Å². The van der Waals surface area contributed by atoms with E-state index in [1.165, 1.54) is 13.4 Å². The monoisotopic (exact) mass is 129 g/mol. The first-order valence-corrected chi connectivity index (χ1v) is 2.83. The summed E-state index contributed by atoms with van der Waals surface area (Å²) >= 11 is 0. The topological polar surface area (TPSA) is 50.8 Å². The van der Waals surface area contributed by atoms with E-state index in [9.17, 15) is 0 Å². The maximum Gasteiger partial charge on any atom is 0.311 e. The van der Waals surface area contributed by atoms with Crippen molar-refractivity contribution >= 4 is 0 Å². The Bertz CT molecular complexity index is 127. The van der Waals surface area contributed by atoms with Crippen LogP contribution in [0.2, 0.25) is 0 Å². The summed E-state index contributed by atoms with van der Waals surface area (Å²) in [5, 5.41) is 6.04. The largest absolute Gasteiger partial charge is 0.467 e. The number of rotatable bonds is 1. The van der Waals surface area contributed by atoms with Gasteiger partial charge in [0.15, 0.2) is 0 Å². The summed E-state index contributed by atoms with van der Waals surface area (Å²) in [4.78, 5) is 3.65. The van der Waals surface area contributed by atoms with Crippen molar-refractivity contribution in [2.45, 2.75) is 13.8 Å². The van der Waals surface area contributed by atoms with Gasteiger partial charge < -0.3 is 4.74 Å². The molecule has 1 N–H and O–H groups in total. The van der Waals surface area contributed by atoms with E-state index in [4.69, 9.17) is 0 Å². The number of hydrogen-bond acceptors (Lipinski definition) is 3. The minimum Gasteiger partial charge on any atom is -0.467 e. The van der Waals surface area contributed by atoms with Crippen molar-refractivity contribution in [3.8, 4) is 6.01 Å². The molecule has 1 rings (SSSR count). The number of nitrogens with one attached hydrogen (secondary N) is 1. The second-order valence-electron chi connectivity index (χ2n) is 0.995. The molecule has 0 aliphatic carbocycles. The van der Waals surface area contributed by atoms with Gasteiger partial charge in [0, 0.05) is 0 Å². The molecule has 0 unspecified atom stereocenters. The number of nitrogens with zero attached hydrogens (tertiary/aromatic N) is 2. The molecule has 0 saturated heterocycles. The summed E-state index contributed by atoms with van der Waals surface area (Å²) < 4.78 is 4.62. The van der Waals surface area contributed by atoms with Crippen LogP contribution in [0.15, 0.2) is 6.33 Å². The molecule has 0 saturated carbocycles. The highest BCUT2D eigenvalue weighted by Crippen LogP contribution is 1.90. The standard InChI is InChI=1S/C3H5N3O.C2H6/c1-7-3-4-2-5-6-3;1-2/h2H,1H3,(H,4,5,6);1-2H3. The first kappa shape index (κ1) is 7.94. The van der Waals surface area contributed by atoms with Crippen molar-refractivity contribution in [3.63, 3.8) is 0 Å². The van der Waals surface area contributed by atoms with Crippen molar-refractivity contribution in [1.82, 2.24) is 15.2 Å². The van der Waals surface area contributed by atoms with Crippen molar-refractivity contribution in [3.05, 3.63) is 6.33 Å². The molecule has 0 aromatic carbocycles. The highest BCUT2D eigenvalue weighted by molar-refractivity contribution is 4.83. The van der Waals surface area contributed by atoms with Gasteiger partial charge in [-0.1, -0.05) is 13.8 Å². The van der Waals surface area contributed by atoms with Gasteiger partial charge in [0.05, 0.1) is 7.11 Å². The molecule has 0 spiro atoms. The summed E-state index contributed by atoms with van der Waals surface area (Å²) in [6.07, 6.45) is 1.39. The third kappa shape index (κ3) is 2.69. The molecular weight excluding hydrogens is 118 g/mol. The average Bonchev–Trinajstić information content (AvgIpc) is 2.43. The van der Waals surface area contributed by atoms with Gasteiger partial charge >= 0.3 is 6.01 Å². The lowest BCUT2D eigenvalue weighted by Gasteiger charge is -1.84. The van der Waals surface area contributed by atoms with Crippen molar-refractivity contribution in [2.24, 2.45) is 0 Å². The predicted molar refractivity (Wildman–Crippen MR) is 34.3 cm³/mol. The van der Waals surface area contributed by atoms with Gasteiger partial charge in [-0.3, -0.25) is 0 Å². The number of aromatic amines is 1. The first-order valence-electron chi connectivity index (χ1n) is 2.83. The third-order valence-corrected chi connectivity index (χ3v) is 0.586. The number of methoxy groups -OCH3 is 1. The molecule has 0 bridgehead atoms. The fourth-order valence-corrected chi connectivity index (χ4v) is 0.293. The van der Waals surface area contributed by atoms with Crippen molar-refractivity contribution < 1.29 is 4.74 Å². The van der Waals surface area contributed by atoms with E-state index in [0.29, 0.717) is 6.01 Å². The molecular formula is C5H11N3O. The third-order valence-electron chi connectivity index (χ3n) is 0.586. The number of aromatic nitrogens is 3. The Labute approximate surface area is 54.3 Å². The zero-order valence-corrected chi connectivity index (χ0v) is 5.88. The van der Waals surface area contributed by atoms with Crippen LogP contribution in [0.25, 0.3) is 0 Å². The Morgan fingerprint density at radius 2 is 2.22 bits per heavy atom. The van der Waals surface area contributed by atoms with E-state index in [2.05, 4.69) is 19.9 Å². The van der Waals surface area contributed by atoms with E-state index in [-0.39, 0.29) is 0 Å². The molecule has 0 fully saturated rings. The van der Waals surface area contributed by atoms with Crippen LogP contribution in [0.5, 0.6) is 6.01 Å². The molecule has 4 nitrogen and oxygen atoms in total. The molecule has 52 valence electrons. The van der Waals surface area contributed by atoms with E-state index in [1.807, 2.05) is 13.8 Å². The van der Waals surface area contributed by atoms with Crippen LogP contribution in [-0.4, -0.2) is 22.3 Å². The van der Waals surface area contributed by atoms with Gasteiger partial charge in [0.2, 0.25) is 0 Å². The van der Waals surface area contributed by atoms with Gasteiger partial charge in [0.25, 0.3) is 0 Å². The van der Waals surface area contributed by atoms with Crippen LogP contribution in [0.4, 0.5) is 0 Å². The fourth-order valence-electron chi connectivity index (χ4n) is 0.293. The van der Waals surface area contributed by atoms with Gasteiger partial charge in [-0.25, -0.2) is 5.10 Å². The highest BCUT2D eigenvalue weighted by Gasteiger charge is 1.84. The minimum atomic E-state index is 0.444. The lowest BCUT2D eigenvalue weighted by atomic mass is 11.0. The number of H-pyrrole nitrogens is 1. The second kappa shape index (κ2) is 5.08. The maximum absolute atomic E-state index is 4.62. The van der Waals surface area contributed by atoms with Crippen LogP contribution >= 0.6 is 0 Å². The number of hydrogen-bond donors (Lipinski definition) is 1. The first-order chi connectivity index (χ1) is 4.43. The fraction of sp³-hybridized carbons (Fsp3) is 0.600. The second-order valence-corrected chi connectivity index (χ2v) is 0.995. The molecule has 0 amide bonds. The Hall–Kier alpha value is -1.06. The minimum absolute atomic E-state index is 0.444. The zero-order valence-electron chi connectivity index (χ0n) is 5.88. The van der Waals surface area contributed by atoms with Gasteiger partial charge in [-0.05, 0) is 0 Å². The van der Waals surface area contributed by atoms with E-state index >= 15 is 0 Å². The van der Waals surface area contributed by atoms with Crippen LogP contribution in [0.3, 0.4) is 0 Å². The van der Waals surface area contributed by atoms with E-state index in [1.54, 1.807) is 0 Å². The Morgan fingerprint density at radius 1 is 1.56 bits per heavy atom. The summed E-state index contributed by atoms with van der Waals surface area (Å²) in [6, 6.07) is 0.444. The van der Waals surface area contributed by atoms with Crippen LogP contribution in [0.1, 0.15) is 13.8 Å². The SMILES string of the molecule is CC.COc1ncn[nH]1. The summed E-state index contributed by atoms with van der Waals surface area (Å²) in [6.45, 7) is 4.00. The van der Waals surface area contributed by atoms with Crippen LogP contribution in [0, 0.1) is 0 Å². The summed E-state index contributed by atoms with van der Waals surface area (Å²) in [5.41, 5.74) is 0. The molecule has 0 atom stereocenters.